The number of imidazole rings is 1. The van der Waals surface area contributed by atoms with Crippen molar-refractivity contribution in [3.8, 4) is 0 Å². The Balaban J connectivity index is 2.23. The molecule has 0 fully saturated rings. The summed E-state index contributed by atoms with van der Waals surface area (Å²) >= 11 is 3.91. The molecule has 0 aliphatic rings. The van der Waals surface area contributed by atoms with Gasteiger partial charge in [-0.25, -0.2) is 4.98 Å². The molecule has 0 radical (unpaired) electrons. The number of fused-ring (bicyclic) bond motifs is 1. The van der Waals surface area contributed by atoms with Crippen LogP contribution in [0.1, 0.15) is 11.4 Å². The topological polar surface area (TPSA) is 46.9 Å². The number of carbonyl (C=O) groups is 1. The highest BCUT2D eigenvalue weighted by Crippen LogP contribution is 2.16. The number of benzene rings is 1. The van der Waals surface area contributed by atoms with E-state index in [0.717, 1.165) is 22.4 Å². The largest absolute Gasteiger partial charge is 0.351 e. The maximum absolute atomic E-state index is 11.1. The van der Waals surface area contributed by atoms with E-state index in [4.69, 9.17) is 0 Å². The zero-order valence-corrected chi connectivity index (χ0v) is 10.8. The van der Waals surface area contributed by atoms with Gasteiger partial charge < -0.3 is 9.88 Å². The molecule has 1 aromatic heterocycles. The van der Waals surface area contributed by atoms with Crippen molar-refractivity contribution in [2.75, 3.05) is 5.75 Å². The number of carbonyl (C=O) groups excluding carboxylic acids is 1. The number of aromatic nitrogens is 2. The van der Waals surface area contributed by atoms with Crippen LogP contribution in [0.15, 0.2) is 18.2 Å². The van der Waals surface area contributed by atoms with Crippen LogP contribution in [0.2, 0.25) is 0 Å². The van der Waals surface area contributed by atoms with Gasteiger partial charge in [0.05, 0.1) is 16.8 Å². The lowest BCUT2D eigenvalue weighted by Gasteiger charge is -2.03. The monoisotopic (exact) mass is 249 g/mol. The fourth-order valence-corrected chi connectivity index (χ4v) is 1.84. The highest BCUT2D eigenvalue weighted by atomic mass is 32.1. The number of thiol groups is 1. The fraction of sp³-hybridized carbons (Fsp3) is 0.333. The summed E-state index contributed by atoms with van der Waals surface area (Å²) in [4.78, 5) is 15.6. The minimum absolute atomic E-state index is 0.0642. The second kappa shape index (κ2) is 4.79. The van der Waals surface area contributed by atoms with Crippen LogP contribution in [0.3, 0.4) is 0 Å². The van der Waals surface area contributed by atoms with Gasteiger partial charge in [0.15, 0.2) is 0 Å². The lowest BCUT2D eigenvalue weighted by atomic mass is 10.2. The first-order valence-electron chi connectivity index (χ1n) is 5.41. The Labute approximate surface area is 105 Å². The van der Waals surface area contributed by atoms with Crippen molar-refractivity contribution in [3.63, 3.8) is 0 Å². The summed E-state index contributed by atoms with van der Waals surface area (Å²) in [6.07, 6.45) is 0. The Hall–Kier alpha value is -1.49. The summed E-state index contributed by atoms with van der Waals surface area (Å²) in [6.45, 7) is 2.49. The van der Waals surface area contributed by atoms with Crippen molar-refractivity contribution in [2.45, 2.75) is 13.5 Å². The summed E-state index contributed by atoms with van der Waals surface area (Å²) in [5.74, 6) is 1.13. The van der Waals surface area contributed by atoms with E-state index in [0.29, 0.717) is 6.54 Å². The predicted molar refractivity (Wildman–Crippen MR) is 71.2 cm³/mol. The minimum Gasteiger partial charge on any atom is -0.351 e. The van der Waals surface area contributed by atoms with E-state index in [1.54, 1.807) is 0 Å². The van der Waals surface area contributed by atoms with E-state index in [-0.39, 0.29) is 11.7 Å². The maximum Gasteiger partial charge on any atom is 0.229 e. The number of hydrogen-bond acceptors (Lipinski definition) is 3. The molecule has 0 saturated carbocycles. The molecule has 17 heavy (non-hydrogen) atoms. The van der Waals surface area contributed by atoms with Gasteiger partial charge in [-0.2, -0.15) is 12.6 Å². The number of amides is 1. The molecule has 90 valence electrons. The Morgan fingerprint density at radius 3 is 3.00 bits per heavy atom. The zero-order chi connectivity index (χ0) is 12.4. The summed E-state index contributed by atoms with van der Waals surface area (Å²) in [5, 5.41) is 2.78. The average molecular weight is 249 g/mol. The molecule has 0 atom stereocenters. The van der Waals surface area contributed by atoms with Crippen LogP contribution in [0.4, 0.5) is 0 Å². The van der Waals surface area contributed by atoms with Crippen LogP contribution in [-0.4, -0.2) is 21.2 Å². The minimum atomic E-state index is -0.0642. The SMILES string of the molecule is Cc1nc2cc(CNC(=O)CS)ccc2n1C. The van der Waals surface area contributed by atoms with Crippen molar-refractivity contribution in [3.05, 3.63) is 29.6 Å². The Bertz CT molecular complexity index is 562. The third-order valence-corrected chi connectivity index (χ3v) is 3.09. The van der Waals surface area contributed by atoms with Crippen LogP contribution < -0.4 is 5.32 Å². The van der Waals surface area contributed by atoms with Crippen molar-refractivity contribution in [1.82, 2.24) is 14.9 Å². The number of rotatable bonds is 3. The third-order valence-electron chi connectivity index (χ3n) is 2.80. The van der Waals surface area contributed by atoms with Gasteiger partial charge >= 0.3 is 0 Å². The molecule has 0 aliphatic carbocycles. The van der Waals surface area contributed by atoms with Gasteiger partial charge in [-0.15, -0.1) is 0 Å². The lowest BCUT2D eigenvalue weighted by molar-refractivity contribution is -0.118. The smallest absolute Gasteiger partial charge is 0.229 e. The van der Waals surface area contributed by atoms with Gasteiger partial charge in [-0.1, -0.05) is 6.07 Å². The second-order valence-electron chi connectivity index (χ2n) is 3.98. The standard InChI is InChI=1S/C12H15N3OS/c1-8-14-10-5-9(6-13-12(16)7-17)3-4-11(10)15(8)2/h3-5,17H,6-7H2,1-2H3,(H,13,16). The highest BCUT2D eigenvalue weighted by Gasteiger charge is 2.05. The zero-order valence-electron chi connectivity index (χ0n) is 9.90. The van der Waals surface area contributed by atoms with E-state index >= 15 is 0 Å². The number of nitrogens with one attached hydrogen (secondary N) is 1. The molecule has 2 aromatic rings. The fourth-order valence-electron chi connectivity index (χ4n) is 1.73. The second-order valence-corrected chi connectivity index (χ2v) is 4.29. The molecule has 0 bridgehead atoms. The molecule has 1 aromatic carbocycles. The number of nitrogens with zero attached hydrogens (tertiary/aromatic N) is 2. The van der Waals surface area contributed by atoms with Gasteiger partial charge in [0.1, 0.15) is 5.82 Å². The van der Waals surface area contributed by atoms with Gasteiger partial charge in [0.25, 0.3) is 0 Å². The molecule has 4 nitrogen and oxygen atoms in total. The first-order valence-corrected chi connectivity index (χ1v) is 6.04. The molecule has 0 spiro atoms. The summed E-state index contributed by atoms with van der Waals surface area (Å²) < 4.78 is 2.05. The third kappa shape index (κ3) is 2.44. The van der Waals surface area contributed by atoms with E-state index in [9.17, 15) is 4.79 Å². The van der Waals surface area contributed by atoms with Gasteiger partial charge in [-0.05, 0) is 24.6 Å². The van der Waals surface area contributed by atoms with Crippen molar-refractivity contribution in [2.24, 2.45) is 7.05 Å². The first kappa shape index (κ1) is 12.0. The van der Waals surface area contributed by atoms with E-state index in [1.807, 2.05) is 36.7 Å². The average Bonchev–Trinajstić information content (AvgIpc) is 2.62. The quantitative estimate of drug-likeness (QED) is 0.808. The number of aryl methyl sites for hydroxylation is 2. The van der Waals surface area contributed by atoms with Crippen LogP contribution in [-0.2, 0) is 18.4 Å². The molecular formula is C12H15N3OS. The van der Waals surface area contributed by atoms with E-state index in [1.165, 1.54) is 0 Å². The molecule has 1 amide bonds. The first-order chi connectivity index (χ1) is 8.11. The molecular weight excluding hydrogens is 234 g/mol. The highest BCUT2D eigenvalue weighted by molar-refractivity contribution is 7.81. The van der Waals surface area contributed by atoms with Gasteiger partial charge in [0.2, 0.25) is 5.91 Å². The number of hydrogen-bond donors (Lipinski definition) is 2. The normalized spacial score (nSPS) is 10.8. The van der Waals surface area contributed by atoms with Crippen molar-refractivity contribution in [1.29, 1.82) is 0 Å². The summed E-state index contributed by atoms with van der Waals surface area (Å²) in [7, 11) is 1.99. The Morgan fingerprint density at radius 2 is 2.29 bits per heavy atom. The van der Waals surface area contributed by atoms with Crippen LogP contribution >= 0.6 is 12.6 Å². The molecule has 5 heteroatoms. The Morgan fingerprint density at radius 1 is 1.53 bits per heavy atom. The van der Waals surface area contributed by atoms with Gasteiger partial charge in [-0.3, -0.25) is 4.79 Å². The summed E-state index contributed by atoms with van der Waals surface area (Å²) in [5.41, 5.74) is 3.11. The predicted octanol–water partition coefficient (Wildman–Crippen LogP) is 1.43. The van der Waals surface area contributed by atoms with Crippen molar-refractivity contribution >= 4 is 29.6 Å². The molecule has 0 saturated heterocycles. The lowest BCUT2D eigenvalue weighted by Crippen LogP contribution is -2.23. The van der Waals surface area contributed by atoms with Crippen LogP contribution in [0, 0.1) is 6.92 Å². The van der Waals surface area contributed by atoms with Crippen molar-refractivity contribution < 1.29 is 4.79 Å². The molecule has 0 unspecified atom stereocenters. The van der Waals surface area contributed by atoms with E-state index < -0.39 is 0 Å². The van der Waals surface area contributed by atoms with Gasteiger partial charge in [0, 0.05) is 13.6 Å². The Kier molecular flexibility index (Phi) is 3.38. The molecule has 1 N–H and O–H groups in total. The molecule has 1 heterocycles. The maximum atomic E-state index is 11.1. The van der Waals surface area contributed by atoms with Crippen LogP contribution in [0.5, 0.6) is 0 Å². The summed E-state index contributed by atoms with van der Waals surface area (Å²) in [6, 6.07) is 6.03. The van der Waals surface area contributed by atoms with E-state index in [2.05, 4.69) is 22.9 Å². The van der Waals surface area contributed by atoms with Crippen LogP contribution in [0.25, 0.3) is 11.0 Å². The molecule has 0 aliphatic heterocycles. The molecule has 2 rings (SSSR count).